The molecule has 7 N–H and O–H groups in total. The first-order chi connectivity index (χ1) is 14.2. The lowest BCUT2D eigenvalue weighted by Crippen LogP contribution is -2.56. The lowest BCUT2D eigenvalue weighted by molar-refractivity contribution is -0.138. The number of hydrogen-bond donors (Lipinski definition) is 7. The van der Waals surface area contributed by atoms with Crippen molar-refractivity contribution >= 4 is 47.2 Å². The van der Waals surface area contributed by atoms with Crippen LogP contribution in [0.5, 0.6) is 0 Å². The van der Waals surface area contributed by atoms with E-state index in [4.69, 9.17) is 10.8 Å². The number of carboxylic acids is 1. The number of amides is 3. The van der Waals surface area contributed by atoms with Crippen LogP contribution in [0.25, 0.3) is 10.9 Å². The first-order valence-electron chi connectivity index (χ1n) is 9.24. The number of rotatable bonds is 10. The van der Waals surface area contributed by atoms with E-state index in [-0.39, 0.29) is 12.2 Å². The van der Waals surface area contributed by atoms with Gasteiger partial charge in [-0.15, -0.1) is 0 Å². The third-order valence-electron chi connectivity index (χ3n) is 4.37. The Labute approximate surface area is 178 Å². The molecular weight excluding hydrogens is 410 g/mol. The molecule has 30 heavy (non-hydrogen) atoms. The predicted molar refractivity (Wildman–Crippen MR) is 114 cm³/mol. The molecule has 2 rings (SSSR count). The Kier molecular flexibility index (Phi) is 8.25. The largest absolute Gasteiger partial charge is 0.480 e. The number of carbonyl (C=O) groups is 4. The minimum Gasteiger partial charge on any atom is -0.480 e. The van der Waals surface area contributed by atoms with Crippen molar-refractivity contribution in [2.24, 2.45) is 5.73 Å². The van der Waals surface area contributed by atoms with E-state index in [2.05, 4.69) is 33.6 Å². The minimum atomic E-state index is -1.21. The fourth-order valence-corrected chi connectivity index (χ4v) is 3.04. The van der Waals surface area contributed by atoms with Crippen LogP contribution >= 0.6 is 12.6 Å². The molecule has 3 amide bonds. The highest BCUT2D eigenvalue weighted by Crippen LogP contribution is 2.19. The summed E-state index contributed by atoms with van der Waals surface area (Å²) in [4.78, 5) is 50.8. The highest BCUT2D eigenvalue weighted by Gasteiger charge is 2.28. The smallest absolute Gasteiger partial charge is 0.322 e. The first-order valence-corrected chi connectivity index (χ1v) is 9.87. The molecule has 0 saturated heterocycles. The molecule has 0 aliphatic heterocycles. The van der Waals surface area contributed by atoms with Gasteiger partial charge in [-0.1, -0.05) is 18.2 Å². The maximum atomic E-state index is 12.9. The van der Waals surface area contributed by atoms with Crippen molar-refractivity contribution < 1.29 is 24.3 Å². The highest BCUT2D eigenvalue weighted by atomic mass is 32.1. The van der Waals surface area contributed by atoms with Gasteiger partial charge in [0, 0.05) is 29.3 Å². The van der Waals surface area contributed by atoms with E-state index in [1.807, 2.05) is 24.3 Å². The van der Waals surface area contributed by atoms with Crippen LogP contribution in [0.4, 0.5) is 0 Å². The van der Waals surface area contributed by atoms with Crippen molar-refractivity contribution in [1.29, 1.82) is 0 Å². The molecule has 0 aliphatic carbocycles. The van der Waals surface area contributed by atoms with Gasteiger partial charge in [-0.2, -0.15) is 12.6 Å². The summed E-state index contributed by atoms with van der Waals surface area (Å²) >= 11 is 4.05. The lowest BCUT2D eigenvalue weighted by Gasteiger charge is -2.22. The highest BCUT2D eigenvalue weighted by molar-refractivity contribution is 7.80. The molecule has 1 aromatic carbocycles. The number of thiol groups is 1. The zero-order valence-corrected chi connectivity index (χ0v) is 17.2. The topological polar surface area (TPSA) is 166 Å². The molecule has 1 aromatic heterocycles. The van der Waals surface area contributed by atoms with E-state index in [1.54, 1.807) is 6.20 Å². The van der Waals surface area contributed by atoms with Crippen LogP contribution in [0.2, 0.25) is 0 Å². The molecular formula is C19H25N5O5S. The predicted octanol–water partition coefficient (Wildman–Crippen LogP) is -0.842. The number of aliphatic carboxylic acids is 1. The summed E-state index contributed by atoms with van der Waals surface area (Å²) in [5.74, 6) is -3.09. The van der Waals surface area contributed by atoms with E-state index >= 15 is 0 Å². The maximum absolute atomic E-state index is 12.9. The number of carbonyl (C=O) groups excluding carboxylic acids is 3. The maximum Gasteiger partial charge on any atom is 0.322 e. The van der Waals surface area contributed by atoms with Crippen molar-refractivity contribution in [3.8, 4) is 0 Å². The quantitative estimate of drug-likeness (QED) is 0.240. The van der Waals surface area contributed by atoms with Gasteiger partial charge in [0.15, 0.2) is 0 Å². The average Bonchev–Trinajstić information content (AvgIpc) is 3.12. The molecule has 162 valence electrons. The number of benzene rings is 1. The normalized spacial score (nSPS) is 13.8. The number of nitrogens with one attached hydrogen (secondary N) is 4. The van der Waals surface area contributed by atoms with Crippen molar-refractivity contribution in [3.05, 3.63) is 36.0 Å². The number of nitrogens with two attached hydrogens (primary N) is 1. The molecule has 0 saturated carbocycles. The first kappa shape index (κ1) is 23.2. The monoisotopic (exact) mass is 435 g/mol. The van der Waals surface area contributed by atoms with Gasteiger partial charge < -0.3 is 31.8 Å². The van der Waals surface area contributed by atoms with Gasteiger partial charge in [-0.05, 0) is 18.6 Å². The van der Waals surface area contributed by atoms with Crippen molar-refractivity contribution in [1.82, 2.24) is 20.9 Å². The Morgan fingerprint density at radius 1 is 1.10 bits per heavy atom. The third kappa shape index (κ3) is 6.22. The Bertz CT molecular complexity index is 929. The van der Waals surface area contributed by atoms with Gasteiger partial charge in [-0.25, -0.2) is 0 Å². The molecule has 0 radical (unpaired) electrons. The Hall–Kier alpha value is -3.05. The zero-order chi connectivity index (χ0) is 22.3. The van der Waals surface area contributed by atoms with Gasteiger partial charge in [0.25, 0.3) is 0 Å². The summed E-state index contributed by atoms with van der Waals surface area (Å²) in [6.07, 6.45) is 1.91. The van der Waals surface area contributed by atoms with Gasteiger partial charge in [0.05, 0.1) is 6.04 Å². The van der Waals surface area contributed by atoms with Crippen LogP contribution in [0.1, 0.15) is 12.5 Å². The number of H-pyrrole nitrogens is 1. The summed E-state index contributed by atoms with van der Waals surface area (Å²) in [5.41, 5.74) is 7.29. The molecule has 0 bridgehead atoms. The van der Waals surface area contributed by atoms with Crippen LogP contribution in [-0.4, -0.2) is 64.2 Å². The Morgan fingerprint density at radius 2 is 1.77 bits per heavy atom. The van der Waals surface area contributed by atoms with Crippen LogP contribution < -0.4 is 21.7 Å². The van der Waals surface area contributed by atoms with Crippen molar-refractivity contribution in [2.45, 2.75) is 31.5 Å². The molecule has 0 aliphatic rings. The Balaban J connectivity index is 2.18. The second-order valence-electron chi connectivity index (χ2n) is 6.77. The van der Waals surface area contributed by atoms with Gasteiger partial charge in [0.2, 0.25) is 17.7 Å². The van der Waals surface area contributed by atoms with Crippen LogP contribution in [0, 0.1) is 0 Å². The molecule has 3 atom stereocenters. The molecule has 0 spiro atoms. The van der Waals surface area contributed by atoms with Crippen molar-refractivity contribution in [3.63, 3.8) is 0 Å². The van der Waals surface area contributed by atoms with Crippen LogP contribution in [0.15, 0.2) is 30.5 Å². The molecule has 1 heterocycles. The second-order valence-corrected chi connectivity index (χ2v) is 7.13. The zero-order valence-electron chi connectivity index (χ0n) is 16.3. The summed E-state index contributed by atoms with van der Waals surface area (Å²) in [6, 6.07) is 4.60. The number of aromatic nitrogens is 1. The fourth-order valence-electron chi connectivity index (χ4n) is 2.79. The molecule has 11 heteroatoms. The molecule has 3 unspecified atom stereocenters. The minimum absolute atomic E-state index is 0.0573. The van der Waals surface area contributed by atoms with Gasteiger partial charge in [-0.3, -0.25) is 19.2 Å². The standard InChI is InChI=1S/C19H25N5O5S/c1-10(20)17(27)23-14(6-11-7-21-13-5-3-2-4-12(11)13)19(29)24-15(9-30)18(28)22-8-16(25)26/h2-5,7,10,14-15,21,30H,6,8-9,20H2,1H3,(H,22,28)(H,23,27)(H,24,29)(H,25,26). The van der Waals surface area contributed by atoms with E-state index in [0.717, 1.165) is 16.5 Å². The fraction of sp³-hybridized carbons (Fsp3) is 0.368. The van der Waals surface area contributed by atoms with E-state index in [1.165, 1.54) is 6.92 Å². The van der Waals surface area contributed by atoms with Crippen LogP contribution in [-0.2, 0) is 25.6 Å². The van der Waals surface area contributed by atoms with Crippen LogP contribution in [0.3, 0.4) is 0 Å². The average molecular weight is 436 g/mol. The summed E-state index contributed by atoms with van der Waals surface area (Å²) in [6.45, 7) is 0.908. The number of carboxylic acid groups (broad SMARTS) is 1. The van der Waals surface area contributed by atoms with Crippen molar-refractivity contribution in [2.75, 3.05) is 12.3 Å². The summed E-state index contributed by atoms with van der Waals surface area (Å²) < 4.78 is 0. The lowest BCUT2D eigenvalue weighted by atomic mass is 10.0. The van der Waals surface area contributed by atoms with Gasteiger partial charge >= 0.3 is 5.97 Å². The van der Waals surface area contributed by atoms with E-state index in [0.29, 0.717) is 0 Å². The van der Waals surface area contributed by atoms with Gasteiger partial charge in [0.1, 0.15) is 18.6 Å². The molecule has 10 nitrogen and oxygen atoms in total. The second kappa shape index (κ2) is 10.6. The number of fused-ring (bicyclic) bond motifs is 1. The molecule has 0 fully saturated rings. The Morgan fingerprint density at radius 3 is 2.40 bits per heavy atom. The summed E-state index contributed by atoms with van der Waals surface area (Å²) in [5, 5.41) is 16.9. The van der Waals surface area contributed by atoms with E-state index in [9.17, 15) is 19.2 Å². The van der Waals surface area contributed by atoms with E-state index < -0.39 is 48.4 Å². The SMILES string of the molecule is CC(N)C(=O)NC(Cc1c[nH]c2ccccc12)C(=O)NC(CS)C(=O)NCC(=O)O. The third-order valence-corrected chi connectivity index (χ3v) is 4.74. The number of aromatic amines is 1. The number of para-hydroxylation sites is 1. The molecule has 2 aromatic rings. The number of hydrogen-bond acceptors (Lipinski definition) is 6. The summed E-state index contributed by atoms with van der Waals surface area (Å²) in [7, 11) is 0.